The molecule has 0 amide bonds. The number of para-hydroxylation sites is 1. The van der Waals surface area contributed by atoms with E-state index in [2.05, 4.69) is 20.2 Å². The van der Waals surface area contributed by atoms with E-state index >= 15 is 0 Å². The lowest BCUT2D eigenvalue weighted by Crippen LogP contribution is -2.29. The van der Waals surface area contributed by atoms with Crippen LogP contribution >= 0.6 is 10.0 Å². The van der Waals surface area contributed by atoms with Gasteiger partial charge in [-0.25, -0.2) is 41.7 Å². The van der Waals surface area contributed by atoms with Crippen LogP contribution in [-0.4, -0.2) is 64.1 Å². The highest BCUT2D eigenvalue weighted by atomic mass is 32.3. The number of sulfonamides is 1. The topological polar surface area (TPSA) is 136 Å². The van der Waals surface area contributed by atoms with Crippen molar-refractivity contribution < 1.29 is 27.1 Å². The van der Waals surface area contributed by atoms with Crippen LogP contribution in [0.4, 0.5) is 10.3 Å². The van der Waals surface area contributed by atoms with Gasteiger partial charge >= 0.3 is 0 Å². The van der Waals surface area contributed by atoms with Crippen molar-refractivity contribution in [2.24, 2.45) is 0 Å². The van der Waals surface area contributed by atoms with Crippen molar-refractivity contribution in [3.05, 3.63) is 77.1 Å². The molecular formula is C26H29FN6O5S2. The van der Waals surface area contributed by atoms with Crippen molar-refractivity contribution in [2.45, 2.75) is 13.8 Å². The fourth-order valence-electron chi connectivity index (χ4n) is 3.59. The number of methoxy groups -OCH3 is 1. The molecule has 212 valence electrons. The van der Waals surface area contributed by atoms with Gasteiger partial charge in [0.1, 0.15) is 17.2 Å². The number of halogens is 1. The van der Waals surface area contributed by atoms with Crippen molar-refractivity contribution in [3.8, 4) is 28.8 Å². The summed E-state index contributed by atoms with van der Waals surface area (Å²) in [5, 5.41) is 21.2. The highest BCUT2D eigenvalue weighted by Crippen LogP contribution is 2.41. The molecule has 3 heterocycles. The molecule has 14 heteroatoms. The molecule has 0 atom stereocenters. The van der Waals surface area contributed by atoms with Crippen molar-refractivity contribution in [1.82, 2.24) is 24.7 Å². The molecule has 11 nitrogen and oxygen atoms in total. The van der Waals surface area contributed by atoms with E-state index in [1.54, 1.807) is 29.7 Å². The normalized spacial score (nSPS) is 13.4. The number of nitrogens with zero attached hydrogens (tertiary/aromatic N) is 6. The molecule has 4 aromatic rings. The fraction of sp³-hybridized carbons (Fsp3) is 0.231. The number of phenols is 1. The zero-order valence-corrected chi connectivity index (χ0v) is 24.4. The summed E-state index contributed by atoms with van der Waals surface area (Å²) in [7, 11) is -4.29. The number of furan rings is 1. The van der Waals surface area contributed by atoms with E-state index in [1.807, 2.05) is 18.8 Å². The van der Waals surface area contributed by atoms with Gasteiger partial charge in [0.15, 0.2) is 17.4 Å². The van der Waals surface area contributed by atoms with Gasteiger partial charge in [0.25, 0.3) is 16.0 Å². The van der Waals surface area contributed by atoms with Gasteiger partial charge in [0, 0.05) is 11.8 Å². The van der Waals surface area contributed by atoms with Crippen LogP contribution in [-0.2, 0) is 10.0 Å². The molecular weight excluding hydrogens is 559 g/mol. The number of aromatic hydroxyl groups is 1. The second kappa shape index (κ2) is 11.1. The van der Waals surface area contributed by atoms with Crippen molar-refractivity contribution in [2.75, 3.05) is 30.2 Å². The molecule has 0 unspecified atom stereocenters. The third-order valence-corrected chi connectivity index (χ3v) is 8.56. The highest BCUT2D eigenvalue weighted by Gasteiger charge is 2.33. The monoisotopic (exact) mass is 588 g/mol. The number of allylic oxidation sites excluding steroid dienone is 2. The largest absolute Gasteiger partial charge is 0.506 e. The second-order valence-corrected chi connectivity index (χ2v) is 15.5. The first-order valence-electron chi connectivity index (χ1n) is 11.8. The molecule has 0 aliphatic rings. The van der Waals surface area contributed by atoms with Gasteiger partial charge in [0.2, 0.25) is 5.82 Å². The van der Waals surface area contributed by atoms with E-state index in [9.17, 15) is 17.9 Å². The van der Waals surface area contributed by atoms with E-state index in [0.29, 0.717) is 0 Å². The Morgan fingerprint density at radius 2 is 1.80 bits per heavy atom. The van der Waals surface area contributed by atoms with Gasteiger partial charge in [-0.05, 0) is 62.3 Å². The molecule has 0 fully saturated rings. The van der Waals surface area contributed by atoms with Crippen LogP contribution in [0.2, 0.25) is 0 Å². The summed E-state index contributed by atoms with van der Waals surface area (Å²) in [6, 6.07) is 7.91. The average Bonchev–Trinajstić information content (AvgIpc) is 3.58. The zero-order chi connectivity index (χ0) is 29.2. The predicted octanol–water partition coefficient (Wildman–Crippen LogP) is 4.92. The Kier molecular flexibility index (Phi) is 8.03. The number of aromatic nitrogens is 5. The Labute approximate surface area is 233 Å². The van der Waals surface area contributed by atoms with E-state index < -0.39 is 25.9 Å². The van der Waals surface area contributed by atoms with E-state index in [4.69, 9.17) is 9.15 Å². The Hall–Kier alpha value is -4.17. The zero-order valence-electron chi connectivity index (χ0n) is 22.7. The third-order valence-electron chi connectivity index (χ3n) is 5.74. The molecule has 0 saturated carbocycles. The minimum atomic E-state index is -4.36. The minimum absolute atomic E-state index is 0.0490. The first-order chi connectivity index (χ1) is 18.8. The van der Waals surface area contributed by atoms with Crippen LogP contribution in [0.1, 0.15) is 19.7 Å². The molecule has 0 spiro atoms. The van der Waals surface area contributed by atoms with Crippen LogP contribution < -0.4 is 9.04 Å². The van der Waals surface area contributed by atoms with Gasteiger partial charge in [-0.15, -0.1) is 10.2 Å². The molecule has 0 radical (unpaired) electrons. The van der Waals surface area contributed by atoms with Crippen molar-refractivity contribution >= 4 is 31.6 Å². The maximum absolute atomic E-state index is 14.2. The summed E-state index contributed by atoms with van der Waals surface area (Å²) >= 11 is 0. The quantitative estimate of drug-likeness (QED) is 0.289. The molecule has 1 N–H and O–H groups in total. The van der Waals surface area contributed by atoms with Crippen molar-refractivity contribution in [3.63, 3.8) is 0 Å². The highest BCUT2D eigenvalue weighted by molar-refractivity contribution is 8.34. The number of benzene rings is 1. The minimum Gasteiger partial charge on any atom is -0.506 e. The summed E-state index contributed by atoms with van der Waals surface area (Å²) in [5.74, 6) is -0.346. The Bertz CT molecular complexity index is 1680. The Balaban J connectivity index is 2.03. The number of rotatable bonds is 9. The standard InChI is InChI=1S/C26H29FN6O5S2/c1-17(24-28-15-19(27)16-29-24)18(2)40(35,36)32(12-14-39(4,5)6)26-31-30-25(22-11-8-13-38-22)33(26)23-20(34)9-7-10-21(23)37-3/h7-16,34H,1-6H3/b14-12+,18-17-. The van der Waals surface area contributed by atoms with Crippen LogP contribution in [0.25, 0.3) is 22.8 Å². The number of hydrogen-bond acceptors (Lipinski definition) is 9. The lowest BCUT2D eigenvalue weighted by Gasteiger charge is -2.25. The SMILES string of the molecule is COc1cccc(O)c1-n1c(-c2ccco2)nnc1N(/C=C/S(C)(C)C)S(=O)(=O)/C(C)=C(/C)c1ncc(F)cn1. The molecule has 4 rings (SSSR count). The van der Waals surface area contributed by atoms with Crippen LogP contribution in [0.15, 0.2) is 69.9 Å². The van der Waals surface area contributed by atoms with Crippen LogP contribution in [0, 0.1) is 5.82 Å². The fourth-order valence-corrected chi connectivity index (χ4v) is 5.48. The average molecular weight is 589 g/mol. The van der Waals surface area contributed by atoms with Crippen molar-refractivity contribution in [1.29, 1.82) is 0 Å². The third kappa shape index (κ3) is 5.72. The van der Waals surface area contributed by atoms with E-state index in [0.717, 1.165) is 16.7 Å². The predicted molar refractivity (Wildman–Crippen MR) is 153 cm³/mol. The van der Waals surface area contributed by atoms with E-state index in [-0.39, 0.29) is 51.0 Å². The number of anilines is 1. The van der Waals surface area contributed by atoms with E-state index in [1.165, 1.54) is 44.1 Å². The first kappa shape index (κ1) is 28.8. The number of hydrogen-bond donors (Lipinski definition) is 1. The molecule has 0 saturated heterocycles. The number of ether oxygens (including phenoxy) is 1. The smallest absolute Gasteiger partial charge is 0.266 e. The molecule has 0 bridgehead atoms. The van der Waals surface area contributed by atoms with Gasteiger partial charge in [-0.1, -0.05) is 6.07 Å². The lowest BCUT2D eigenvalue weighted by molar-refractivity contribution is 0.405. The van der Waals surface area contributed by atoms with Crippen LogP contribution in [0.5, 0.6) is 11.5 Å². The maximum Gasteiger partial charge on any atom is 0.266 e. The first-order valence-corrected chi connectivity index (χ1v) is 16.1. The number of phenolic OH excluding ortho intramolecular Hbond substituents is 1. The van der Waals surface area contributed by atoms with Crippen LogP contribution in [0.3, 0.4) is 0 Å². The summed E-state index contributed by atoms with van der Waals surface area (Å²) in [6.45, 7) is 2.93. The summed E-state index contributed by atoms with van der Waals surface area (Å²) in [4.78, 5) is 7.76. The molecule has 40 heavy (non-hydrogen) atoms. The molecule has 0 aliphatic carbocycles. The second-order valence-electron chi connectivity index (χ2n) is 9.39. The Morgan fingerprint density at radius 3 is 2.40 bits per heavy atom. The summed E-state index contributed by atoms with van der Waals surface area (Å²) in [5.41, 5.74) is 0.312. The summed E-state index contributed by atoms with van der Waals surface area (Å²) < 4.78 is 55.3. The van der Waals surface area contributed by atoms with Gasteiger partial charge in [-0.3, -0.25) is 0 Å². The van der Waals surface area contributed by atoms with Gasteiger partial charge < -0.3 is 14.3 Å². The molecule has 3 aromatic heterocycles. The van der Waals surface area contributed by atoms with Gasteiger partial charge in [-0.2, -0.15) is 0 Å². The van der Waals surface area contributed by atoms with Gasteiger partial charge in [0.05, 0.1) is 30.7 Å². The molecule has 1 aromatic carbocycles. The maximum atomic E-state index is 14.2. The lowest BCUT2D eigenvalue weighted by atomic mass is 10.2. The molecule has 0 aliphatic heterocycles. The Morgan fingerprint density at radius 1 is 1.10 bits per heavy atom. The summed E-state index contributed by atoms with van der Waals surface area (Å²) in [6.07, 6.45) is 10.7.